The Morgan fingerprint density at radius 1 is 1.30 bits per heavy atom. The molecule has 2 aliphatic rings. The Morgan fingerprint density at radius 2 is 2.07 bits per heavy atom. The topological polar surface area (TPSA) is 79.4 Å². The highest BCUT2D eigenvalue weighted by Crippen LogP contribution is 2.44. The maximum Gasteiger partial charge on any atom is 0.259 e. The number of anilines is 1. The molecule has 1 aromatic carbocycles. The van der Waals surface area contributed by atoms with Crippen LogP contribution >= 0.6 is 11.6 Å². The monoisotopic (exact) mass is 405 g/mol. The maximum atomic E-state index is 13.1. The minimum absolute atomic E-state index is 0.0664. The molecule has 0 saturated carbocycles. The van der Waals surface area contributed by atoms with E-state index in [-0.39, 0.29) is 18.0 Å². The first-order valence-electron chi connectivity index (χ1n) is 8.87. The summed E-state index contributed by atoms with van der Waals surface area (Å²) in [6.45, 7) is 2.03. The molecule has 0 fully saturated rings. The standard InChI is InChI=1S/C19H20ClN3O3S/c1-3-17-14-8-11(20)4-5-13(14)19(24)23(17)18-10-21-9-15-12(18)6-7-16(15)22-27(2,25)26/h4-5,8-10,16-17,22H,3,6-7H2,1-2H3/t16-,17-/m1/s1. The molecule has 142 valence electrons. The van der Waals surface area contributed by atoms with Crippen LogP contribution in [0.1, 0.15) is 58.9 Å². The van der Waals surface area contributed by atoms with Gasteiger partial charge in [0.25, 0.3) is 5.91 Å². The second kappa shape index (κ2) is 6.58. The van der Waals surface area contributed by atoms with Crippen molar-refractivity contribution < 1.29 is 13.2 Å². The van der Waals surface area contributed by atoms with Crippen LogP contribution in [0.15, 0.2) is 30.6 Å². The van der Waals surface area contributed by atoms with E-state index in [2.05, 4.69) is 9.71 Å². The van der Waals surface area contributed by atoms with Crippen LogP contribution in [0.2, 0.25) is 5.02 Å². The number of hydrogen-bond acceptors (Lipinski definition) is 4. The van der Waals surface area contributed by atoms with Crippen molar-refractivity contribution in [2.45, 2.75) is 38.3 Å². The van der Waals surface area contributed by atoms with E-state index in [1.165, 1.54) is 0 Å². The molecule has 1 aliphatic heterocycles. The van der Waals surface area contributed by atoms with Gasteiger partial charge in [-0.25, -0.2) is 13.1 Å². The average Bonchev–Trinajstić information content (AvgIpc) is 3.12. The summed E-state index contributed by atoms with van der Waals surface area (Å²) in [5, 5.41) is 0.607. The van der Waals surface area contributed by atoms with Crippen molar-refractivity contribution in [2.75, 3.05) is 11.2 Å². The number of amides is 1. The molecule has 0 radical (unpaired) electrons. The summed E-state index contributed by atoms with van der Waals surface area (Å²) in [7, 11) is -3.33. The highest BCUT2D eigenvalue weighted by atomic mass is 35.5. The minimum Gasteiger partial charge on any atom is -0.299 e. The van der Waals surface area contributed by atoms with Crippen molar-refractivity contribution in [3.05, 3.63) is 57.9 Å². The minimum atomic E-state index is -3.33. The number of nitrogens with zero attached hydrogens (tertiary/aromatic N) is 2. The van der Waals surface area contributed by atoms with E-state index in [9.17, 15) is 13.2 Å². The van der Waals surface area contributed by atoms with Gasteiger partial charge in [0.05, 0.1) is 24.2 Å². The van der Waals surface area contributed by atoms with Crippen molar-refractivity contribution in [2.24, 2.45) is 0 Å². The number of sulfonamides is 1. The summed E-state index contributed by atoms with van der Waals surface area (Å²) in [6, 6.07) is 4.94. The predicted molar refractivity (Wildman–Crippen MR) is 105 cm³/mol. The smallest absolute Gasteiger partial charge is 0.259 e. The van der Waals surface area contributed by atoms with E-state index in [0.717, 1.165) is 35.1 Å². The number of halogens is 1. The van der Waals surface area contributed by atoms with E-state index >= 15 is 0 Å². The van der Waals surface area contributed by atoms with Crippen LogP contribution in [0, 0.1) is 0 Å². The largest absolute Gasteiger partial charge is 0.299 e. The Hall–Kier alpha value is -1.96. The quantitative estimate of drug-likeness (QED) is 0.845. The zero-order chi connectivity index (χ0) is 19.3. The summed E-state index contributed by atoms with van der Waals surface area (Å²) in [5.74, 6) is -0.0664. The van der Waals surface area contributed by atoms with Gasteiger partial charge in [0.15, 0.2) is 0 Å². The van der Waals surface area contributed by atoms with Crippen molar-refractivity contribution in [3.63, 3.8) is 0 Å². The molecule has 27 heavy (non-hydrogen) atoms. The van der Waals surface area contributed by atoms with Crippen LogP contribution < -0.4 is 9.62 Å². The third-order valence-corrected chi connectivity index (χ3v) is 6.21. The van der Waals surface area contributed by atoms with Crippen LogP contribution in [-0.4, -0.2) is 25.6 Å². The zero-order valence-corrected chi connectivity index (χ0v) is 16.6. The molecule has 1 N–H and O–H groups in total. The van der Waals surface area contributed by atoms with Gasteiger partial charge in [0, 0.05) is 22.8 Å². The van der Waals surface area contributed by atoms with Crippen LogP contribution in [0.3, 0.4) is 0 Å². The zero-order valence-electron chi connectivity index (χ0n) is 15.1. The van der Waals surface area contributed by atoms with Gasteiger partial charge in [-0.15, -0.1) is 0 Å². The summed E-state index contributed by atoms with van der Waals surface area (Å²) >= 11 is 6.15. The van der Waals surface area contributed by atoms with E-state index in [4.69, 9.17) is 11.6 Å². The van der Waals surface area contributed by atoms with Crippen LogP contribution in [0.4, 0.5) is 5.69 Å². The van der Waals surface area contributed by atoms with Crippen molar-refractivity contribution in [1.29, 1.82) is 0 Å². The molecule has 8 heteroatoms. The second-order valence-electron chi connectivity index (χ2n) is 7.04. The molecule has 4 rings (SSSR count). The fraction of sp³-hybridized carbons (Fsp3) is 0.368. The Balaban J connectivity index is 1.78. The molecule has 0 bridgehead atoms. The number of rotatable bonds is 4. The first-order chi connectivity index (χ1) is 12.8. The van der Waals surface area contributed by atoms with Gasteiger partial charge in [0.1, 0.15) is 0 Å². The Morgan fingerprint density at radius 3 is 2.78 bits per heavy atom. The number of carbonyl (C=O) groups is 1. The Bertz CT molecular complexity index is 1040. The van der Waals surface area contributed by atoms with Crippen LogP contribution in [-0.2, 0) is 16.4 Å². The molecule has 2 aromatic rings. The molecule has 0 spiro atoms. The van der Waals surface area contributed by atoms with Gasteiger partial charge < -0.3 is 0 Å². The molecule has 1 aromatic heterocycles. The second-order valence-corrected chi connectivity index (χ2v) is 9.25. The molecule has 2 atom stereocenters. The number of nitrogens with one attached hydrogen (secondary N) is 1. The molecule has 1 aliphatic carbocycles. The number of hydrogen-bond donors (Lipinski definition) is 1. The van der Waals surface area contributed by atoms with E-state index < -0.39 is 10.0 Å². The SMILES string of the molecule is CC[C@@H]1c2cc(Cl)ccc2C(=O)N1c1cncc2c1CC[C@H]2NS(C)(=O)=O. The summed E-state index contributed by atoms with van der Waals surface area (Å²) in [6.07, 6.45) is 6.64. The molecular weight excluding hydrogens is 386 g/mol. The van der Waals surface area contributed by atoms with Gasteiger partial charge >= 0.3 is 0 Å². The molecule has 2 heterocycles. The lowest BCUT2D eigenvalue weighted by molar-refractivity contribution is 0.0990. The summed E-state index contributed by atoms with van der Waals surface area (Å²) < 4.78 is 26.0. The number of benzene rings is 1. The third-order valence-electron chi connectivity index (χ3n) is 5.26. The highest BCUT2D eigenvalue weighted by molar-refractivity contribution is 7.88. The average molecular weight is 406 g/mol. The molecular formula is C19H20ClN3O3S. The van der Waals surface area contributed by atoms with Gasteiger partial charge in [-0.3, -0.25) is 14.7 Å². The van der Waals surface area contributed by atoms with Crippen LogP contribution in [0.25, 0.3) is 0 Å². The number of pyridine rings is 1. The van der Waals surface area contributed by atoms with Crippen molar-refractivity contribution >= 4 is 33.2 Å². The molecule has 1 amide bonds. The number of fused-ring (bicyclic) bond motifs is 2. The number of aromatic nitrogens is 1. The third kappa shape index (κ3) is 3.13. The van der Waals surface area contributed by atoms with Crippen LogP contribution in [0.5, 0.6) is 0 Å². The van der Waals surface area contributed by atoms with E-state index in [1.54, 1.807) is 29.4 Å². The maximum absolute atomic E-state index is 13.1. The highest BCUT2D eigenvalue weighted by Gasteiger charge is 2.39. The molecule has 6 nitrogen and oxygen atoms in total. The van der Waals surface area contributed by atoms with E-state index in [0.29, 0.717) is 23.4 Å². The Labute approximate surface area is 163 Å². The van der Waals surface area contributed by atoms with Gasteiger partial charge in [-0.1, -0.05) is 18.5 Å². The summed E-state index contributed by atoms with van der Waals surface area (Å²) in [4.78, 5) is 19.2. The molecule has 0 unspecified atom stereocenters. The lowest BCUT2D eigenvalue weighted by atomic mass is 10.0. The first-order valence-corrected chi connectivity index (χ1v) is 11.1. The van der Waals surface area contributed by atoms with Crippen molar-refractivity contribution in [3.8, 4) is 0 Å². The normalized spacial score (nSPS) is 21.4. The van der Waals surface area contributed by atoms with Gasteiger partial charge in [-0.05, 0) is 54.2 Å². The predicted octanol–water partition coefficient (Wildman–Crippen LogP) is 3.38. The fourth-order valence-electron chi connectivity index (χ4n) is 4.19. The fourth-order valence-corrected chi connectivity index (χ4v) is 5.13. The Kier molecular flexibility index (Phi) is 4.49. The van der Waals surface area contributed by atoms with Gasteiger partial charge in [0.2, 0.25) is 10.0 Å². The summed E-state index contributed by atoms with van der Waals surface area (Å²) in [5.41, 5.74) is 4.17. The lowest BCUT2D eigenvalue weighted by Crippen LogP contribution is -2.29. The van der Waals surface area contributed by atoms with Crippen molar-refractivity contribution in [1.82, 2.24) is 9.71 Å². The lowest BCUT2D eigenvalue weighted by Gasteiger charge is -2.26. The molecule has 0 saturated heterocycles. The van der Waals surface area contributed by atoms with E-state index in [1.807, 2.05) is 13.0 Å². The van der Waals surface area contributed by atoms with Gasteiger partial charge in [-0.2, -0.15) is 0 Å². The number of carbonyl (C=O) groups excluding carboxylic acids is 1. The first kappa shape index (κ1) is 18.4.